The zero-order valence-electron chi connectivity index (χ0n) is 11.5. The predicted octanol–water partition coefficient (Wildman–Crippen LogP) is 3.53. The first-order valence-electron chi connectivity index (χ1n) is 5.50. The summed E-state index contributed by atoms with van der Waals surface area (Å²) >= 11 is -1.90. The standard InChI is InChI=1S/C9H15Si2.3CH3.Sn/c1-7-11(5,6)9-8-10(2,3)4;;;;/h2-6H3;3*1H3;. The fourth-order valence-corrected chi connectivity index (χ4v) is 10.1. The van der Waals surface area contributed by atoms with Crippen LogP contribution in [0.5, 0.6) is 0 Å². The summed E-state index contributed by atoms with van der Waals surface area (Å²) in [6.45, 7) is 11.4. The van der Waals surface area contributed by atoms with Crippen LogP contribution in [-0.4, -0.2) is 34.5 Å². The summed E-state index contributed by atoms with van der Waals surface area (Å²) in [5.41, 5.74) is 10.5. The van der Waals surface area contributed by atoms with Crippen LogP contribution in [0.1, 0.15) is 0 Å². The fourth-order valence-electron chi connectivity index (χ4n) is 0.719. The molecule has 15 heavy (non-hydrogen) atoms. The minimum atomic E-state index is -1.90. The van der Waals surface area contributed by atoms with E-state index >= 15 is 0 Å². The average molecular weight is 343 g/mol. The Bertz CT molecular complexity index is 300. The molecule has 0 nitrogen and oxygen atoms in total. The van der Waals surface area contributed by atoms with E-state index in [0.29, 0.717) is 0 Å². The van der Waals surface area contributed by atoms with E-state index < -0.39 is 34.5 Å². The van der Waals surface area contributed by atoms with Crippen LogP contribution in [0.25, 0.3) is 0 Å². The molecule has 0 aromatic rings. The van der Waals surface area contributed by atoms with Crippen LogP contribution in [0.3, 0.4) is 0 Å². The third kappa shape index (κ3) is 10.6. The van der Waals surface area contributed by atoms with Crippen LogP contribution in [-0.2, 0) is 0 Å². The molecule has 0 rings (SSSR count). The summed E-state index contributed by atoms with van der Waals surface area (Å²) in [4.78, 5) is 7.08. The Labute approximate surface area is 102 Å². The molecule has 0 aromatic heterocycles. The van der Waals surface area contributed by atoms with Gasteiger partial charge in [0.15, 0.2) is 0 Å². The molecule has 0 aliphatic carbocycles. The summed E-state index contributed by atoms with van der Waals surface area (Å²) in [5.74, 6) is 0. The number of rotatable bonds is 0. The van der Waals surface area contributed by atoms with E-state index in [1.54, 1.807) is 0 Å². The molecule has 0 aliphatic heterocycles. The first-order valence-corrected chi connectivity index (χ1v) is 22.0. The molecule has 0 amide bonds. The van der Waals surface area contributed by atoms with Gasteiger partial charge in [-0.05, 0) is 0 Å². The van der Waals surface area contributed by atoms with Crippen LogP contribution in [0.4, 0.5) is 0 Å². The fraction of sp³-hybridized carbons (Fsp3) is 0.667. The molecule has 0 saturated carbocycles. The van der Waals surface area contributed by atoms with Crippen molar-refractivity contribution in [2.24, 2.45) is 0 Å². The van der Waals surface area contributed by atoms with Crippen molar-refractivity contribution in [2.75, 3.05) is 0 Å². The van der Waals surface area contributed by atoms with Gasteiger partial charge in [0.2, 0.25) is 0 Å². The van der Waals surface area contributed by atoms with Gasteiger partial charge in [-0.1, -0.05) is 0 Å². The van der Waals surface area contributed by atoms with Crippen LogP contribution in [0, 0.1) is 20.6 Å². The maximum absolute atomic E-state index is 3.53. The Hall–Kier alpha value is 0.352. The van der Waals surface area contributed by atoms with Gasteiger partial charge in [0.05, 0.1) is 0 Å². The first kappa shape index (κ1) is 15.4. The second kappa shape index (κ2) is 5.12. The second-order valence-corrected chi connectivity index (χ2v) is 28.7. The molecule has 0 atom stereocenters. The summed E-state index contributed by atoms with van der Waals surface area (Å²) in [7, 11) is -2.78. The van der Waals surface area contributed by atoms with Gasteiger partial charge in [0.25, 0.3) is 0 Å². The number of hydrogen-bond acceptors (Lipinski definition) is 0. The monoisotopic (exact) mass is 344 g/mol. The molecule has 0 radical (unpaired) electrons. The van der Waals surface area contributed by atoms with Gasteiger partial charge in [-0.3, -0.25) is 0 Å². The molecule has 0 saturated heterocycles. The van der Waals surface area contributed by atoms with Crippen molar-refractivity contribution in [2.45, 2.75) is 47.6 Å². The van der Waals surface area contributed by atoms with E-state index in [0.717, 1.165) is 0 Å². The second-order valence-electron chi connectivity index (χ2n) is 6.62. The Morgan fingerprint density at radius 2 is 1.20 bits per heavy atom. The molecular weight excluding hydrogens is 319 g/mol. The van der Waals surface area contributed by atoms with Crippen molar-refractivity contribution in [1.82, 2.24) is 0 Å². The summed E-state index contributed by atoms with van der Waals surface area (Å²) in [6, 6.07) is 0. The van der Waals surface area contributed by atoms with Crippen molar-refractivity contribution >= 4 is 34.5 Å². The van der Waals surface area contributed by atoms with Crippen LogP contribution >= 0.6 is 0 Å². The van der Waals surface area contributed by atoms with Gasteiger partial charge in [0, 0.05) is 0 Å². The molecule has 0 aliphatic rings. The third-order valence-electron chi connectivity index (χ3n) is 1.50. The zero-order valence-corrected chi connectivity index (χ0v) is 16.4. The van der Waals surface area contributed by atoms with Gasteiger partial charge in [-0.2, -0.15) is 0 Å². The quantitative estimate of drug-likeness (QED) is 0.466. The molecule has 0 heterocycles. The normalized spacial score (nSPS) is 12.3. The van der Waals surface area contributed by atoms with Crippen LogP contribution in [0.2, 0.25) is 47.6 Å². The van der Waals surface area contributed by atoms with Crippen LogP contribution in [0.15, 0.2) is 0 Å². The molecule has 0 N–H and O–H groups in total. The van der Waals surface area contributed by atoms with Gasteiger partial charge in [-0.15, -0.1) is 0 Å². The minimum absolute atomic E-state index is 1.22. The Morgan fingerprint density at radius 1 is 0.733 bits per heavy atom. The molecule has 0 spiro atoms. The molecule has 0 aromatic carbocycles. The van der Waals surface area contributed by atoms with E-state index in [2.05, 4.69) is 68.1 Å². The molecular formula is C12H24Si2Sn. The summed E-state index contributed by atoms with van der Waals surface area (Å²) in [5, 5.41) is 0. The summed E-state index contributed by atoms with van der Waals surface area (Å²) in [6.07, 6.45) is 0. The zero-order chi connectivity index (χ0) is 12.3. The van der Waals surface area contributed by atoms with Crippen molar-refractivity contribution < 1.29 is 0 Å². The Morgan fingerprint density at radius 3 is 1.53 bits per heavy atom. The van der Waals surface area contributed by atoms with Crippen molar-refractivity contribution in [3.05, 3.63) is 0 Å². The van der Waals surface area contributed by atoms with Gasteiger partial charge >= 0.3 is 103 Å². The van der Waals surface area contributed by atoms with Gasteiger partial charge in [0.1, 0.15) is 0 Å². The SMILES string of the molecule is C[Si](C)(C)C#C[Si](C)(C)C#[C][Sn]([CH3])([CH3])[CH3]. The van der Waals surface area contributed by atoms with E-state index in [9.17, 15) is 0 Å². The topological polar surface area (TPSA) is 0 Å². The molecule has 0 bridgehead atoms. The van der Waals surface area contributed by atoms with E-state index in [4.69, 9.17) is 0 Å². The van der Waals surface area contributed by atoms with Crippen molar-refractivity contribution in [1.29, 1.82) is 0 Å². The molecule has 0 fully saturated rings. The van der Waals surface area contributed by atoms with E-state index in [1.807, 2.05) is 0 Å². The number of hydrogen-bond donors (Lipinski definition) is 0. The summed E-state index contributed by atoms with van der Waals surface area (Å²) < 4.78 is 3.53. The van der Waals surface area contributed by atoms with Crippen molar-refractivity contribution in [3.8, 4) is 20.6 Å². The Kier molecular flexibility index (Phi) is 5.24. The van der Waals surface area contributed by atoms with Gasteiger partial charge in [-0.25, -0.2) is 0 Å². The van der Waals surface area contributed by atoms with Crippen molar-refractivity contribution in [3.63, 3.8) is 0 Å². The molecule has 84 valence electrons. The molecule has 0 unspecified atom stereocenters. The van der Waals surface area contributed by atoms with E-state index in [-0.39, 0.29) is 0 Å². The van der Waals surface area contributed by atoms with E-state index in [1.165, 1.54) is 0 Å². The molecule has 3 heteroatoms. The Balaban J connectivity index is 4.82. The first-order chi connectivity index (χ1) is 6.41. The average Bonchev–Trinajstić information content (AvgIpc) is 1.96. The van der Waals surface area contributed by atoms with Gasteiger partial charge < -0.3 is 0 Å². The van der Waals surface area contributed by atoms with Crippen LogP contribution < -0.4 is 0 Å². The maximum atomic E-state index is 3.53. The third-order valence-corrected chi connectivity index (χ3v) is 7.34. The predicted molar refractivity (Wildman–Crippen MR) is 79.7 cm³/mol.